The van der Waals surface area contributed by atoms with Gasteiger partial charge in [0.15, 0.2) is 6.10 Å². The number of halogens is 2. The van der Waals surface area contributed by atoms with Gasteiger partial charge in [0.1, 0.15) is 5.60 Å². The highest BCUT2D eigenvalue weighted by Crippen LogP contribution is 2.49. The van der Waals surface area contributed by atoms with Gasteiger partial charge in [-0.15, -0.1) is 0 Å². The van der Waals surface area contributed by atoms with Gasteiger partial charge in [0.2, 0.25) is 0 Å². The average Bonchev–Trinajstić information content (AvgIpc) is 2.97. The number of ether oxygens (including phenoxy) is 1. The lowest BCUT2D eigenvalue weighted by molar-refractivity contribution is 0.295. The lowest BCUT2D eigenvalue weighted by atomic mass is 9.93. The minimum atomic E-state index is -0.469. The Kier molecular flexibility index (Phi) is 2.64. The van der Waals surface area contributed by atoms with Crippen LogP contribution >= 0.6 is 23.2 Å². The molecule has 1 aromatic carbocycles. The molecule has 2 unspecified atom stereocenters. The summed E-state index contributed by atoms with van der Waals surface area (Å²) in [6, 6.07) is 7.47. The molecule has 1 aliphatic rings. The van der Waals surface area contributed by atoms with E-state index in [1.165, 1.54) is 0 Å². The lowest BCUT2D eigenvalue weighted by Gasteiger charge is -2.10. The number of hydrogen-bond donors (Lipinski definition) is 0. The number of nitriles is 1. The van der Waals surface area contributed by atoms with Crippen LogP contribution in [0.5, 0.6) is 0 Å². The second-order valence-electron chi connectivity index (χ2n) is 3.50. The third kappa shape index (κ3) is 1.61. The molecular weight excluding hydrogens is 233 g/mol. The van der Waals surface area contributed by atoms with Crippen LogP contribution in [0, 0.1) is 11.3 Å². The van der Waals surface area contributed by atoms with Crippen LogP contribution in [0.2, 0.25) is 10.0 Å². The quantitative estimate of drug-likeness (QED) is 0.744. The summed E-state index contributed by atoms with van der Waals surface area (Å²) in [6.45, 7) is 1.99. The van der Waals surface area contributed by atoms with Gasteiger partial charge in [0.05, 0.1) is 16.1 Å². The number of rotatable bonds is 2. The van der Waals surface area contributed by atoms with E-state index in [9.17, 15) is 0 Å². The molecule has 0 bridgehead atoms. The molecule has 1 heterocycles. The third-order valence-electron chi connectivity index (χ3n) is 2.75. The highest BCUT2D eigenvalue weighted by atomic mass is 35.5. The van der Waals surface area contributed by atoms with E-state index in [4.69, 9.17) is 33.2 Å². The summed E-state index contributed by atoms with van der Waals surface area (Å²) < 4.78 is 5.42. The second kappa shape index (κ2) is 3.68. The first-order valence-corrected chi connectivity index (χ1v) is 5.42. The molecule has 0 spiro atoms. The molecule has 4 heteroatoms. The van der Waals surface area contributed by atoms with E-state index >= 15 is 0 Å². The Bertz CT molecular complexity index is 441. The Morgan fingerprint density at radius 3 is 2.67 bits per heavy atom. The maximum absolute atomic E-state index is 8.82. The first kappa shape index (κ1) is 10.8. The normalized spacial score (nSPS) is 28.5. The van der Waals surface area contributed by atoms with Crippen molar-refractivity contribution in [2.45, 2.75) is 25.0 Å². The molecule has 0 N–H and O–H groups in total. The monoisotopic (exact) mass is 241 g/mol. The predicted molar refractivity (Wildman–Crippen MR) is 58.9 cm³/mol. The molecule has 1 fully saturated rings. The molecule has 1 saturated heterocycles. The molecule has 2 atom stereocenters. The van der Waals surface area contributed by atoms with Gasteiger partial charge in [-0.25, -0.2) is 0 Å². The van der Waals surface area contributed by atoms with Crippen LogP contribution in [0.3, 0.4) is 0 Å². The van der Waals surface area contributed by atoms with E-state index < -0.39 is 5.60 Å². The van der Waals surface area contributed by atoms with Gasteiger partial charge < -0.3 is 4.74 Å². The van der Waals surface area contributed by atoms with Gasteiger partial charge in [-0.3, -0.25) is 0 Å². The van der Waals surface area contributed by atoms with Crippen molar-refractivity contribution in [3.63, 3.8) is 0 Å². The van der Waals surface area contributed by atoms with E-state index in [2.05, 4.69) is 6.07 Å². The SMILES string of the molecule is CCC1(c2ccc(Cl)c(Cl)c2)OC1C#N. The number of nitrogens with zero attached hydrogens (tertiary/aromatic N) is 1. The summed E-state index contributed by atoms with van der Waals surface area (Å²) in [5.74, 6) is 0. The Balaban J connectivity index is 2.39. The van der Waals surface area contributed by atoms with Crippen LogP contribution < -0.4 is 0 Å². The maximum atomic E-state index is 8.82. The van der Waals surface area contributed by atoms with Crippen LogP contribution in [0.25, 0.3) is 0 Å². The zero-order valence-corrected chi connectivity index (χ0v) is 9.64. The highest BCUT2D eigenvalue weighted by Gasteiger charge is 2.57. The van der Waals surface area contributed by atoms with Crippen LogP contribution in [-0.4, -0.2) is 6.10 Å². The standard InChI is InChI=1S/C11H9Cl2NO/c1-2-11(10(6-14)15-11)7-3-4-8(12)9(13)5-7/h3-5,10H,2H2,1H3. The fourth-order valence-electron chi connectivity index (χ4n) is 1.76. The predicted octanol–water partition coefficient (Wildman–Crippen LogP) is 3.52. The van der Waals surface area contributed by atoms with Crippen LogP contribution in [0.4, 0.5) is 0 Å². The summed E-state index contributed by atoms with van der Waals surface area (Å²) in [5, 5.41) is 9.83. The zero-order valence-electron chi connectivity index (χ0n) is 8.13. The molecule has 15 heavy (non-hydrogen) atoms. The highest BCUT2D eigenvalue weighted by molar-refractivity contribution is 6.42. The van der Waals surface area contributed by atoms with E-state index in [-0.39, 0.29) is 6.10 Å². The summed E-state index contributed by atoms with van der Waals surface area (Å²) in [5.41, 5.74) is 0.453. The van der Waals surface area contributed by atoms with Crippen molar-refractivity contribution in [2.24, 2.45) is 0 Å². The van der Waals surface area contributed by atoms with Gasteiger partial charge in [-0.2, -0.15) is 5.26 Å². The number of benzene rings is 1. The van der Waals surface area contributed by atoms with E-state index in [1.807, 2.05) is 13.0 Å². The molecule has 0 aliphatic carbocycles. The minimum absolute atomic E-state index is 0.361. The first-order chi connectivity index (χ1) is 7.14. The third-order valence-corrected chi connectivity index (χ3v) is 3.48. The van der Waals surface area contributed by atoms with Crippen molar-refractivity contribution >= 4 is 23.2 Å². The minimum Gasteiger partial charge on any atom is -0.345 e. The van der Waals surface area contributed by atoms with E-state index in [0.717, 1.165) is 12.0 Å². The smallest absolute Gasteiger partial charge is 0.178 e. The Labute approximate surface area is 98.4 Å². The Hall–Kier alpha value is -0.750. The fraction of sp³-hybridized carbons (Fsp3) is 0.364. The van der Waals surface area contributed by atoms with Crippen molar-refractivity contribution in [1.29, 1.82) is 5.26 Å². The molecule has 1 aliphatic heterocycles. The van der Waals surface area contributed by atoms with Crippen molar-refractivity contribution in [2.75, 3.05) is 0 Å². The van der Waals surface area contributed by atoms with Gasteiger partial charge in [-0.1, -0.05) is 36.2 Å². The molecule has 2 nitrogen and oxygen atoms in total. The Morgan fingerprint density at radius 2 is 2.20 bits per heavy atom. The number of epoxide rings is 1. The van der Waals surface area contributed by atoms with Crippen LogP contribution in [-0.2, 0) is 10.3 Å². The van der Waals surface area contributed by atoms with Gasteiger partial charge in [-0.05, 0) is 24.1 Å². The lowest BCUT2D eigenvalue weighted by Crippen LogP contribution is -2.10. The summed E-state index contributed by atoms with van der Waals surface area (Å²) in [6.07, 6.45) is 0.392. The molecule has 0 aromatic heterocycles. The zero-order chi connectivity index (χ0) is 11.1. The van der Waals surface area contributed by atoms with Gasteiger partial charge in [0, 0.05) is 0 Å². The van der Waals surface area contributed by atoms with Crippen LogP contribution in [0.1, 0.15) is 18.9 Å². The average molecular weight is 242 g/mol. The van der Waals surface area contributed by atoms with E-state index in [0.29, 0.717) is 10.0 Å². The van der Waals surface area contributed by atoms with Crippen molar-refractivity contribution in [3.8, 4) is 6.07 Å². The largest absolute Gasteiger partial charge is 0.345 e. The van der Waals surface area contributed by atoms with Crippen molar-refractivity contribution < 1.29 is 4.74 Å². The molecule has 0 radical (unpaired) electrons. The number of hydrogen-bond acceptors (Lipinski definition) is 2. The second-order valence-corrected chi connectivity index (χ2v) is 4.31. The first-order valence-electron chi connectivity index (χ1n) is 4.67. The van der Waals surface area contributed by atoms with Crippen molar-refractivity contribution in [1.82, 2.24) is 0 Å². The van der Waals surface area contributed by atoms with Gasteiger partial charge >= 0.3 is 0 Å². The molecular formula is C11H9Cl2NO. The topological polar surface area (TPSA) is 36.3 Å². The Morgan fingerprint density at radius 1 is 1.47 bits per heavy atom. The molecule has 1 aromatic rings. The molecule has 78 valence electrons. The maximum Gasteiger partial charge on any atom is 0.178 e. The summed E-state index contributed by atoms with van der Waals surface area (Å²) >= 11 is 11.8. The van der Waals surface area contributed by atoms with Gasteiger partial charge in [0.25, 0.3) is 0 Å². The molecule has 0 saturated carbocycles. The van der Waals surface area contributed by atoms with Crippen molar-refractivity contribution in [3.05, 3.63) is 33.8 Å². The van der Waals surface area contributed by atoms with Crippen LogP contribution in [0.15, 0.2) is 18.2 Å². The fourth-order valence-corrected chi connectivity index (χ4v) is 2.06. The molecule has 0 amide bonds. The summed E-state index contributed by atoms with van der Waals surface area (Å²) in [4.78, 5) is 0. The molecule has 2 rings (SSSR count). The van der Waals surface area contributed by atoms with E-state index in [1.54, 1.807) is 12.1 Å². The summed E-state index contributed by atoms with van der Waals surface area (Å²) in [7, 11) is 0.